The third kappa shape index (κ3) is 8.04. The van der Waals surface area contributed by atoms with Crippen molar-refractivity contribution in [2.24, 2.45) is 0 Å². The van der Waals surface area contributed by atoms with E-state index >= 15 is 0 Å². The van der Waals surface area contributed by atoms with Crippen molar-refractivity contribution in [1.29, 1.82) is 0 Å². The second-order valence-corrected chi connectivity index (χ2v) is 8.51. The lowest BCUT2D eigenvalue weighted by atomic mass is 10.0. The van der Waals surface area contributed by atoms with Crippen LogP contribution in [-0.4, -0.2) is 12.8 Å². The molecule has 0 aromatic heterocycles. The van der Waals surface area contributed by atoms with Gasteiger partial charge in [-0.3, -0.25) is 4.52 Å². The van der Waals surface area contributed by atoms with Crippen molar-refractivity contribution in [3.05, 3.63) is 29.8 Å². The smallest absolute Gasteiger partial charge is 0.379 e. The molecule has 1 unspecified atom stereocenters. The monoisotopic (exact) mass is 340 g/mol. The highest BCUT2D eigenvalue weighted by Gasteiger charge is 2.25. The zero-order valence-electron chi connectivity index (χ0n) is 15.2. The normalized spacial score (nSPS) is 14.0. The molecule has 0 fully saturated rings. The van der Waals surface area contributed by atoms with Gasteiger partial charge in [-0.25, -0.2) is 4.57 Å². The third-order valence-electron chi connectivity index (χ3n) is 3.86. The first kappa shape index (κ1) is 20.3. The summed E-state index contributed by atoms with van der Waals surface area (Å²) in [6.07, 6.45) is 6.78. The van der Waals surface area contributed by atoms with Gasteiger partial charge in [-0.1, -0.05) is 65.5 Å². The van der Waals surface area contributed by atoms with Gasteiger partial charge in [-0.15, -0.1) is 0 Å². The lowest BCUT2D eigenvalue weighted by Crippen LogP contribution is -2.04. The van der Waals surface area contributed by atoms with E-state index in [1.165, 1.54) is 18.4 Å². The first-order chi connectivity index (χ1) is 11.0. The second kappa shape index (κ2) is 10.9. The number of hydrogen-bond acceptors (Lipinski definition) is 3. The molecule has 0 radical (unpaired) electrons. The van der Waals surface area contributed by atoms with Crippen LogP contribution in [0, 0.1) is 0 Å². The molecule has 0 aliphatic rings. The molecule has 132 valence electrons. The molecule has 3 nitrogen and oxygen atoms in total. The summed E-state index contributed by atoms with van der Waals surface area (Å²) in [5.41, 5.74) is 1.25. The molecule has 0 amide bonds. The Bertz CT molecular complexity index is 468. The molecule has 0 spiro atoms. The highest BCUT2D eigenvalue weighted by molar-refractivity contribution is 7.54. The van der Waals surface area contributed by atoms with E-state index in [1.54, 1.807) is 0 Å². The zero-order chi connectivity index (χ0) is 17.1. The maximum absolute atomic E-state index is 12.9. The Labute approximate surface area is 142 Å². The Morgan fingerprint density at radius 1 is 0.957 bits per heavy atom. The van der Waals surface area contributed by atoms with Crippen LogP contribution in [0.2, 0.25) is 0 Å². The van der Waals surface area contributed by atoms with Crippen LogP contribution in [0.3, 0.4) is 0 Å². The van der Waals surface area contributed by atoms with Crippen molar-refractivity contribution in [1.82, 2.24) is 0 Å². The van der Waals surface area contributed by atoms with Gasteiger partial charge in [0.15, 0.2) is 0 Å². The van der Waals surface area contributed by atoms with Crippen LogP contribution in [0.15, 0.2) is 24.3 Å². The van der Waals surface area contributed by atoms with Crippen LogP contribution in [0.1, 0.15) is 77.7 Å². The molecule has 0 bridgehead atoms. The number of unbranched alkanes of at least 4 members (excludes halogenated alkanes) is 4. The van der Waals surface area contributed by atoms with Gasteiger partial charge >= 0.3 is 7.60 Å². The number of hydrogen-bond donors (Lipinski definition) is 0. The maximum atomic E-state index is 12.9. The Balaban J connectivity index is 2.62. The fourth-order valence-corrected chi connectivity index (χ4v) is 4.12. The molecule has 1 aromatic carbocycles. The molecule has 0 saturated heterocycles. The quantitative estimate of drug-likeness (QED) is 0.311. The average molecular weight is 340 g/mol. The minimum absolute atomic E-state index is 0.478. The van der Waals surface area contributed by atoms with E-state index in [9.17, 15) is 4.57 Å². The van der Waals surface area contributed by atoms with Gasteiger partial charge in [0, 0.05) is 0 Å². The summed E-state index contributed by atoms with van der Waals surface area (Å²) in [6, 6.07) is 7.86. The summed E-state index contributed by atoms with van der Waals surface area (Å²) < 4.78 is 24.4. The molecule has 1 atom stereocenters. The van der Waals surface area contributed by atoms with Crippen molar-refractivity contribution >= 4 is 7.60 Å². The van der Waals surface area contributed by atoms with E-state index in [1.807, 2.05) is 24.3 Å². The minimum Gasteiger partial charge on any atom is -0.424 e. The summed E-state index contributed by atoms with van der Waals surface area (Å²) in [4.78, 5) is 0. The first-order valence-electron chi connectivity index (χ1n) is 9.04. The van der Waals surface area contributed by atoms with Crippen LogP contribution in [0.4, 0.5) is 0 Å². The minimum atomic E-state index is -3.05. The molecule has 1 rings (SSSR count). The number of rotatable bonds is 12. The van der Waals surface area contributed by atoms with Gasteiger partial charge in [0.1, 0.15) is 5.75 Å². The van der Waals surface area contributed by atoms with Gasteiger partial charge in [0.2, 0.25) is 0 Å². The van der Waals surface area contributed by atoms with Gasteiger partial charge in [0.25, 0.3) is 0 Å². The lowest BCUT2D eigenvalue weighted by Gasteiger charge is -2.19. The summed E-state index contributed by atoms with van der Waals surface area (Å²) in [5, 5.41) is 0. The van der Waals surface area contributed by atoms with Crippen molar-refractivity contribution in [3.8, 4) is 5.75 Å². The predicted octanol–water partition coefficient (Wildman–Crippen LogP) is 6.78. The van der Waals surface area contributed by atoms with Crippen molar-refractivity contribution < 1.29 is 13.6 Å². The molecule has 0 N–H and O–H groups in total. The van der Waals surface area contributed by atoms with Crippen LogP contribution in [-0.2, 0) is 9.09 Å². The van der Waals surface area contributed by atoms with E-state index in [0.717, 1.165) is 25.7 Å². The summed E-state index contributed by atoms with van der Waals surface area (Å²) in [7, 11) is -3.05. The summed E-state index contributed by atoms with van der Waals surface area (Å²) in [6.45, 7) is 9.09. The van der Waals surface area contributed by atoms with Gasteiger partial charge in [-0.2, -0.15) is 0 Å². The molecular weight excluding hydrogens is 307 g/mol. The van der Waals surface area contributed by atoms with Gasteiger partial charge < -0.3 is 4.52 Å². The van der Waals surface area contributed by atoms with E-state index in [2.05, 4.69) is 27.7 Å². The standard InChI is InChI=1S/C19H33O3P/c1-5-7-9-10-15-21-23(20,16-8-6-2)22-19-13-11-18(12-14-19)17(3)4/h11-14,17H,5-10,15-16H2,1-4H3. The van der Waals surface area contributed by atoms with Crippen LogP contribution in [0.25, 0.3) is 0 Å². The maximum Gasteiger partial charge on any atom is 0.379 e. The fraction of sp³-hybridized carbons (Fsp3) is 0.684. The molecule has 0 saturated carbocycles. The molecule has 0 aliphatic heterocycles. The van der Waals surface area contributed by atoms with Crippen molar-refractivity contribution in [2.45, 2.75) is 72.1 Å². The highest BCUT2D eigenvalue weighted by Crippen LogP contribution is 2.49. The first-order valence-corrected chi connectivity index (χ1v) is 10.8. The topological polar surface area (TPSA) is 35.5 Å². The van der Waals surface area contributed by atoms with E-state index in [0.29, 0.717) is 24.4 Å². The third-order valence-corrected chi connectivity index (χ3v) is 5.79. The second-order valence-electron chi connectivity index (χ2n) is 6.40. The zero-order valence-corrected chi connectivity index (χ0v) is 16.1. The summed E-state index contributed by atoms with van der Waals surface area (Å²) >= 11 is 0. The van der Waals surface area contributed by atoms with E-state index in [4.69, 9.17) is 9.05 Å². The van der Waals surface area contributed by atoms with Crippen LogP contribution < -0.4 is 4.52 Å². The predicted molar refractivity (Wildman–Crippen MR) is 98.6 cm³/mol. The van der Waals surface area contributed by atoms with Gasteiger partial charge in [0.05, 0.1) is 12.8 Å². The Hall–Kier alpha value is -0.790. The SMILES string of the molecule is CCCCCCOP(=O)(CCCC)Oc1ccc(C(C)C)cc1. The van der Waals surface area contributed by atoms with E-state index in [-0.39, 0.29) is 0 Å². The molecule has 0 heterocycles. The largest absolute Gasteiger partial charge is 0.424 e. The summed E-state index contributed by atoms with van der Waals surface area (Å²) in [5.74, 6) is 1.12. The van der Waals surface area contributed by atoms with Crippen molar-refractivity contribution in [2.75, 3.05) is 12.8 Å². The van der Waals surface area contributed by atoms with Crippen molar-refractivity contribution in [3.63, 3.8) is 0 Å². The molecule has 4 heteroatoms. The molecule has 0 aliphatic carbocycles. The highest BCUT2D eigenvalue weighted by atomic mass is 31.2. The number of benzene rings is 1. The molecule has 23 heavy (non-hydrogen) atoms. The fourth-order valence-electron chi connectivity index (χ4n) is 2.29. The Morgan fingerprint density at radius 2 is 1.61 bits per heavy atom. The molecular formula is C19H33O3P. The van der Waals surface area contributed by atoms with Crippen LogP contribution >= 0.6 is 7.60 Å². The van der Waals surface area contributed by atoms with E-state index < -0.39 is 7.60 Å². The Kier molecular flexibility index (Phi) is 9.59. The van der Waals surface area contributed by atoms with Gasteiger partial charge in [-0.05, 0) is 36.5 Å². The molecule has 1 aromatic rings. The lowest BCUT2D eigenvalue weighted by molar-refractivity contribution is 0.257. The Morgan fingerprint density at radius 3 is 2.17 bits per heavy atom. The van der Waals surface area contributed by atoms with Crippen LogP contribution in [0.5, 0.6) is 5.75 Å². The average Bonchev–Trinajstić information content (AvgIpc) is 2.53.